The van der Waals surface area contributed by atoms with Crippen LogP contribution in [-0.2, 0) is 4.79 Å². The minimum Gasteiger partial charge on any atom is -0.387 e. The van der Waals surface area contributed by atoms with Crippen molar-refractivity contribution in [2.75, 3.05) is 11.5 Å². The standard InChI is InChI=1S/C10H9N3O3/c11-5-7-1-3-8(4-2-7)13(10(12)16)9(15)6-14/h1-4,14H,6H2,(H2,12,16). The first kappa shape index (κ1) is 11.7. The molecule has 0 bridgehead atoms. The lowest BCUT2D eigenvalue weighted by Crippen LogP contribution is -2.42. The monoisotopic (exact) mass is 219 g/mol. The Bertz CT molecular complexity index is 447. The number of primary amides is 1. The Balaban J connectivity index is 3.08. The number of hydrogen-bond acceptors (Lipinski definition) is 4. The van der Waals surface area contributed by atoms with E-state index in [1.165, 1.54) is 24.3 Å². The predicted molar refractivity (Wildman–Crippen MR) is 55.3 cm³/mol. The van der Waals surface area contributed by atoms with Crippen LogP contribution in [-0.4, -0.2) is 23.7 Å². The molecule has 0 saturated heterocycles. The van der Waals surface area contributed by atoms with Crippen LogP contribution in [0.5, 0.6) is 0 Å². The molecule has 0 fully saturated rings. The lowest BCUT2D eigenvalue weighted by molar-refractivity contribution is -0.120. The molecule has 0 aliphatic carbocycles. The molecular weight excluding hydrogens is 210 g/mol. The molecule has 0 aromatic heterocycles. The smallest absolute Gasteiger partial charge is 0.326 e. The Labute approximate surface area is 91.5 Å². The molecule has 6 nitrogen and oxygen atoms in total. The van der Waals surface area contributed by atoms with Crippen molar-refractivity contribution in [2.45, 2.75) is 0 Å². The summed E-state index contributed by atoms with van der Waals surface area (Å²) in [5, 5.41) is 17.2. The van der Waals surface area contributed by atoms with Gasteiger partial charge in [-0.2, -0.15) is 5.26 Å². The topological polar surface area (TPSA) is 107 Å². The van der Waals surface area contributed by atoms with E-state index in [1.54, 1.807) is 0 Å². The molecule has 0 radical (unpaired) electrons. The Morgan fingerprint density at radius 2 is 1.94 bits per heavy atom. The second-order valence-electron chi connectivity index (χ2n) is 2.88. The average Bonchev–Trinajstić information content (AvgIpc) is 2.29. The van der Waals surface area contributed by atoms with E-state index in [1.807, 2.05) is 6.07 Å². The van der Waals surface area contributed by atoms with Gasteiger partial charge in [-0.25, -0.2) is 9.69 Å². The molecule has 1 rings (SSSR count). The highest BCUT2D eigenvalue weighted by Gasteiger charge is 2.19. The van der Waals surface area contributed by atoms with Crippen LogP contribution in [0, 0.1) is 11.3 Å². The number of aliphatic hydroxyl groups is 1. The van der Waals surface area contributed by atoms with Gasteiger partial charge in [0.05, 0.1) is 17.3 Å². The fourth-order valence-electron chi connectivity index (χ4n) is 1.15. The number of imide groups is 1. The summed E-state index contributed by atoms with van der Waals surface area (Å²) in [4.78, 5) is 22.9. The number of amides is 3. The van der Waals surface area contributed by atoms with Crippen molar-refractivity contribution < 1.29 is 14.7 Å². The van der Waals surface area contributed by atoms with Crippen LogP contribution in [0.1, 0.15) is 5.56 Å². The molecule has 3 N–H and O–H groups in total. The van der Waals surface area contributed by atoms with Crippen molar-refractivity contribution in [1.29, 1.82) is 5.26 Å². The predicted octanol–water partition coefficient (Wildman–Crippen LogP) is -0.0377. The molecule has 0 atom stereocenters. The van der Waals surface area contributed by atoms with Gasteiger partial charge in [0, 0.05) is 0 Å². The van der Waals surface area contributed by atoms with Gasteiger partial charge >= 0.3 is 6.03 Å². The number of hydrogen-bond donors (Lipinski definition) is 2. The minimum atomic E-state index is -0.983. The van der Waals surface area contributed by atoms with Gasteiger partial charge in [-0.05, 0) is 24.3 Å². The van der Waals surface area contributed by atoms with Gasteiger partial charge in [-0.1, -0.05) is 0 Å². The lowest BCUT2D eigenvalue weighted by atomic mass is 10.2. The molecule has 16 heavy (non-hydrogen) atoms. The zero-order chi connectivity index (χ0) is 12.1. The third kappa shape index (κ3) is 2.34. The fraction of sp³-hybridized carbons (Fsp3) is 0.100. The first-order chi connectivity index (χ1) is 7.60. The fourth-order valence-corrected chi connectivity index (χ4v) is 1.15. The normalized spacial score (nSPS) is 9.25. The Kier molecular flexibility index (Phi) is 3.58. The number of nitrogens with zero attached hydrogens (tertiary/aromatic N) is 2. The molecule has 0 spiro atoms. The summed E-state index contributed by atoms with van der Waals surface area (Å²) in [5.74, 6) is -0.822. The van der Waals surface area contributed by atoms with Crippen molar-refractivity contribution in [3.8, 4) is 6.07 Å². The van der Waals surface area contributed by atoms with Crippen molar-refractivity contribution in [3.63, 3.8) is 0 Å². The average molecular weight is 219 g/mol. The van der Waals surface area contributed by atoms with Crippen molar-refractivity contribution in [2.24, 2.45) is 5.73 Å². The van der Waals surface area contributed by atoms with Crippen LogP contribution >= 0.6 is 0 Å². The molecule has 0 aliphatic rings. The number of carbonyl (C=O) groups is 2. The molecule has 0 heterocycles. The molecule has 1 aromatic rings. The first-order valence-electron chi connectivity index (χ1n) is 4.33. The molecule has 0 aliphatic heterocycles. The number of anilines is 1. The third-order valence-corrected chi connectivity index (χ3v) is 1.86. The highest BCUT2D eigenvalue weighted by Crippen LogP contribution is 2.15. The zero-order valence-electron chi connectivity index (χ0n) is 8.25. The Morgan fingerprint density at radius 1 is 1.38 bits per heavy atom. The van der Waals surface area contributed by atoms with Crippen molar-refractivity contribution >= 4 is 17.6 Å². The number of rotatable bonds is 2. The maximum atomic E-state index is 11.2. The lowest BCUT2D eigenvalue weighted by Gasteiger charge is -2.17. The number of urea groups is 1. The van der Waals surface area contributed by atoms with Gasteiger partial charge in [-0.3, -0.25) is 4.79 Å². The summed E-state index contributed by atoms with van der Waals surface area (Å²) in [6.07, 6.45) is 0. The highest BCUT2D eigenvalue weighted by molar-refractivity contribution is 6.14. The summed E-state index contributed by atoms with van der Waals surface area (Å²) < 4.78 is 0. The summed E-state index contributed by atoms with van der Waals surface area (Å²) in [6.45, 7) is -0.817. The SMILES string of the molecule is N#Cc1ccc(N(C(N)=O)C(=O)CO)cc1. The van der Waals surface area contributed by atoms with E-state index in [4.69, 9.17) is 16.1 Å². The molecule has 0 saturated carbocycles. The van der Waals surface area contributed by atoms with Crippen LogP contribution < -0.4 is 10.6 Å². The van der Waals surface area contributed by atoms with Crippen LogP contribution in [0.15, 0.2) is 24.3 Å². The van der Waals surface area contributed by atoms with E-state index < -0.39 is 18.5 Å². The summed E-state index contributed by atoms with van der Waals surface area (Å²) in [6, 6.07) is 6.59. The minimum absolute atomic E-state index is 0.213. The van der Waals surface area contributed by atoms with Crippen LogP contribution in [0.2, 0.25) is 0 Å². The number of carbonyl (C=O) groups excluding carboxylic acids is 2. The van der Waals surface area contributed by atoms with Gasteiger partial charge in [0.25, 0.3) is 5.91 Å². The van der Waals surface area contributed by atoms with Crippen molar-refractivity contribution in [3.05, 3.63) is 29.8 Å². The van der Waals surface area contributed by atoms with E-state index in [0.717, 1.165) is 0 Å². The van der Waals surface area contributed by atoms with Gasteiger partial charge in [0.2, 0.25) is 0 Å². The Morgan fingerprint density at radius 3 is 2.31 bits per heavy atom. The van der Waals surface area contributed by atoms with Crippen molar-refractivity contribution in [1.82, 2.24) is 0 Å². The first-order valence-corrected chi connectivity index (χ1v) is 4.33. The van der Waals surface area contributed by atoms with E-state index in [2.05, 4.69) is 0 Å². The van der Waals surface area contributed by atoms with E-state index in [0.29, 0.717) is 10.5 Å². The molecule has 1 aromatic carbocycles. The molecule has 82 valence electrons. The number of nitrogens with two attached hydrogens (primary N) is 1. The number of nitriles is 1. The van der Waals surface area contributed by atoms with E-state index in [-0.39, 0.29) is 5.69 Å². The largest absolute Gasteiger partial charge is 0.387 e. The van der Waals surface area contributed by atoms with Crippen LogP contribution in [0.3, 0.4) is 0 Å². The zero-order valence-corrected chi connectivity index (χ0v) is 8.25. The van der Waals surface area contributed by atoms with E-state index >= 15 is 0 Å². The number of benzene rings is 1. The highest BCUT2D eigenvalue weighted by atomic mass is 16.3. The molecule has 6 heteroatoms. The summed E-state index contributed by atoms with van der Waals surface area (Å²) >= 11 is 0. The van der Waals surface area contributed by atoms with Crippen LogP contribution in [0.25, 0.3) is 0 Å². The molecule has 0 unspecified atom stereocenters. The van der Waals surface area contributed by atoms with E-state index in [9.17, 15) is 9.59 Å². The summed E-state index contributed by atoms with van der Waals surface area (Å²) in [7, 11) is 0. The second kappa shape index (κ2) is 4.91. The Hall–Kier alpha value is -2.39. The van der Waals surface area contributed by atoms with Crippen LogP contribution in [0.4, 0.5) is 10.5 Å². The molecular formula is C10H9N3O3. The maximum absolute atomic E-state index is 11.2. The maximum Gasteiger partial charge on any atom is 0.326 e. The summed E-state index contributed by atoms with van der Waals surface area (Å²) in [5.41, 5.74) is 5.61. The van der Waals surface area contributed by atoms with Gasteiger partial charge in [0.15, 0.2) is 0 Å². The van der Waals surface area contributed by atoms with Gasteiger partial charge < -0.3 is 10.8 Å². The quantitative estimate of drug-likeness (QED) is 0.727. The third-order valence-electron chi connectivity index (χ3n) is 1.86. The van der Waals surface area contributed by atoms with Gasteiger partial charge in [-0.15, -0.1) is 0 Å². The van der Waals surface area contributed by atoms with Gasteiger partial charge in [0.1, 0.15) is 6.61 Å². The second-order valence-corrected chi connectivity index (χ2v) is 2.88. The number of aliphatic hydroxyl groups excluding tert-OH is 1. The molecule has 3 amide bonds.